The van der Waals surface area contributed by atoms with Crippen molar-refractivity contribution in [1.82, 2.24) is 15.0 Å². The Hall–Kier alpha value is -1.69. The summed E-state index contributed by atoms with van der Waals surface area (Å²) in [6, 6.07) is 5.93. The minimum atomic E-state index is 0.778. The van der Waals surface area contributed by atoms with Crippen LogP contribution < -0.4 is 10.6 Å². The molecule has 0 aliphatic rings. The van der Waals surface area contributed by atoms with Crippen molar-refractivity contribution in [2.24, 2.45) is 0 Å². The molecule has 2 aromatic heterocycles. The van der Waals surface area contributed by atoms with E-state index in [0.29, 0.717) is 0 Å². The molecule has 2 heterocycles. The maximum atomic E-state index is 4.29. The van der Waals surface area contributed by atoms with Gasteiger partial charge in [-0.2, -0.15) is 0 Å². The number of hydrogen-bond acceptors (Lipinski definition) is 5. The van der Waals surface area contributed by atoms with Gasteiger partial charge in [-0.3, -0.25) is 4.98 Å². The Kier molecular flexibility index (Phi) is 5.73. The summed E-state index contributed by atoms with van der Waals surface area (Å²) in [5.74, 6) is 1.62. The predicted molar refractivity (Wildman–Crippen MR) is 84.9 cm³/mol. The van der Waals surface area contributed by atoms with Gasteiger partial charge in [0.05, 0.1) is 0 Å². The average Bonchev–Trinajstić information content (AvgIpc) is 2.49. The van der Waals surface area contributed by atoms with E-state index in [2.05, 4.69) is 48.4 Å². The molecule has 0 aromatic carbocycles. The van der Waals surface area contributed by atoms with Gasteiger partial charge in [0.2, 0.25) is 0 Å². The van der Waals surface area contributed by atoms with Gasteiger partial charge in [0.25, 0.3) is 0 Å². The molecule has 2 aromatic rings. The van der Waals surface area contributed by atoms with Crippen LogP contribution in [0.2, 0.25) is 0 Å². The van der Waals surface area contributed by atoms with Gasteiger partial charge in [0.15, 0.2) is 0 Å². The van der Waals surface area contributed by atoms with Gasteiger partial charge in [-0.25, -0.2) is 9.97 Å². The van der Waals surface area contributed by atoms with Crippen molar-refractivity contribution < 1.29 is 0 Å². The summed E-state index contributed by atoms with van der Waals surface area (Å²) in [4.78, 5) is 12.8. The first-order chi connectivity index (χ1) is 9.81. The molecule has 0 bridgehead atoms. The van der Waals surface area contributed by atoms with Crippen LogP contribution in [0.5, 0.6) is 0 Å². The number of anilines is 2. The highest BCUT2D eigenvalue weighted by Crippen LogP contribution is 2.26. The number of aromatic nitrogens is 3. The molecule has 0 fully saturated rings. The number of halogens is 1. The molecule has 106 valence electrons. The fourth-order valence-electron chi connectivity index (χ4n) is 1.71. The zero-order valence-electron chi connectivity index (χ0n) is 11.4. The first-order valence-electron chi connectivity index (χ1n) is 6.69. The molecule has 20 heavy (non-hydrogen) atoms. The molecule has 0 spiro atoms. The highest BCUT2D eigenvalue weighted by molar-refractivity contribution is 9.10. The second-order valence-corrected chi connectivity index (χ2v) is 5.10. The predicted octanol–water partition coefficient (Wildman–Crippen LogP) is 3.11. The first-order valence-corrected chi connectivity index (χ1v) is 7.48. The normalized spacial score (nSPS) is 10.3. The lowest BCUT2D eigenvalue weighted by Gasteiger charge is -2.11. The lowest BCUT2D eigenvalue weighted by Crippen LogP contribution is -2.10. The van der Waals surface area contributed by atoms with Crippen molar-refractivity contribution in [3.8, 4) is 0 Å². The van der Waals surface area contributed by atoms with Crippen LogP contribution in [0, 0.1) is 0 Å². The van der Waals surface area contributed by atoms with Crippen molar-refractivity contribution in [2.45, 2.75) is 19.8 Å². The summed E-state index contributed by atoms with van der Waals surface area (Å²) in [5.41, 5.74) is 1.06. The summed E-state index contributed by atoms with van der Waals surface area (Å²) in [6.07, 6.45) is 5.28. The fourth-order valence-corrected chi connectivity index (χ4v) is 2.20. The van der Waals surface area contributed by atoms with Crippen molar-refractivity contribution in [3.63, 3.8) is 0 Å². The van der Waals surface area contributed by atoms with Crippen molar-refractivity contribution in [1.29, 1.82) is 0 Å². The summed E-state index contributed by atoms with van der Waals surface area (Å²) in [5, 5.41) is 6.56. The van der Waals surface area contributed by atoms with Crippen LogP contribution in [-0.4, -0.2) is 28.0 Å². The Morgan fingerprint density at radius 2 is 1.80 bits per heavy atom. The van der Waals surface area contributed by atoms with Gasteiger partial charge >= 0.3 is 0 Å². The molecule has 5 nitrogen and oxygen atoms in total. The largest absolute Gasteiger partial charge is 0.369 e. The van der Waals surface area contributed by atoms with E-state index in [1.807, 2.05) is 24.4 Å². The minimum absolute atomic E-state index is 0.778. The van der Waals surface area contributed by atoms with Crippen molar-refractivity contribution >= 4 is 27.6 Å². The van der Waals surface area contributed by atoms with Crippen LogP contribution in [0.1, 0.15) is 19.0 Å². The highest BCUT2D eigenvalue weighted by Gasteiger charge is 2.07. The molecule has 0 unspecified atom stereocenters. The van der Waals surface area contributed by atoms with E-state index in [1.54, 1.807) is 6.33 Å². The zero-order valence-corrected chi connectivity index (χ0v) is 13.0. The van der Waals surface area contributed by atoms with E-state index in [9.17, 15) is 0 Å². The van der Waals surface area contributed by atoms with Crippen LogP contribution in [-0.2, 0) is 6.42 Å². The number of nitrogens with one attached hydrogen (secondary N) is 2. The number of rotatable bonds is 7. The zero-order chi connectivity index (χ0) is 14.2. The SMILES string of the molecule is CCCNc1ncnc(NCCc2ccccn2)c1Br. The average molecular weight is 336 g/mol. The third-order valence-electron chi connectivity index (χ3n) is 2.73. The molecule has 6 heteroatoms. The number of nitrogens with zero attached hydrogens (tertiary/aromatic N) is 3. The van der Waals surface area contributed by atoms with Crippen molar-refractivity contribution in [3.05, 3.63) is 40.9 Å². The monoisotopic (exact) mass is 335 g/mol. The minimum Gasteiger partial charge on any atom is -0.369 e. The van der Waals surface area contributed by atoms with Crippen molar-refractivity contribution in [2.75, 3.05) is 23.7 Å². The third kappa shape index (κ3) is 4.16. The summed E-state index contributed by atoms with van der Waals surface area (Å²) in [6.45, 7) is 3.79. The molecule has 2 rings (SSSR count). The number of pyridine rings is 1. The van der Waals surface area contributed by atoms with E-state index in [-0.39, 0.29) is 0 Å². The van der Waals surface area contributed by atoms with Gasteiger partial charge in [0, 0.05) is 31.4 Å². The molecule has 0 radical (unpaired) electrons. The second kappa shape index (κ2) is 7.79. The Labute approximate surface area is 127 Å². The van der Waals surface area contributed by atoms with E-state index >= 15 is 0 Å². The van der Waals surface area contributed by atoms with Crippen LogP contribution in [0.15, 0.2) is 35.2 Å². The summed E-state index contributed by atoms with van der Waals surface area (Å²) < 4.78 is 0.870. The quantitative estimate of drug-likeness (QED) is 0.813. The number of hydrogen-bond donors (Lipinski definition) is 2. The molecule has 0 amide bonds. The highest BCUT2D eigenvalue weighted by atomic mass is 79.9. The van der Waals surface area contributed by atoms with Gasteiger partial charge in [-0.05, 0) is 34.5 Å². The standard InChI is InChI=1S/C14H18BrN5/c1-2-7-17-13-12(15)14(20-10-19-13)18-9-6-11-5-3-4-8-16-11/h3-5,8,10H,2,6-7,9H2,1H3,(H2,17,18,19,20). The molecular weight excluding hydrogens is 318 g/mol. The molecule has 0 aliphatic carbocycles. The van der Waals surface area contributed by atoms with Crippen LogP contribution >= 0.6 is 15.9 Å². The Morgan fingerprint density at radius 1 is 1.05 bits per heavy atom. The Bertz CT molecular complexity index is 532. The second-order valence-electron chi connectivity index (χ2n) is 4.31. The smallest absolute Gasteiger partial charge is 0.145 e. The van der Waals surface area contributed by atoms with Crippen LogP contribution in [0.25, 0.3) is 0 Å². The molecular formula is C14H18BrN5. The maximum absolute atomic E-state index is 4.29. The molecule has 0 aliphatic heterocycles. The lowest BCUT2D eigenvalue weighted by atomic mass is 10.3. The van der Waals surface area contributed by atoms with E-state index < -0.39 is 0 Å². The summed E-state index contributed by atoms with van der Waals surface area (Å²) >= 11 is 3.53. The van der Waals surface area contributed by atoms with Gasteiger partial charge in [0.1, 0.15) is 22.4 Å². The van der Waals surface area contributed by atoms with Crippen LogP contribution in [0.4, 0.5) is 11.6 Å². The molecule has 0 saturated heterocycles. The van der Waals surface area contributed by atoms with Crippen LogP contribution in [0.3, 0.4) is 0 Å². The lowest BCUT2D eigenvalue weighted by molar-refractivity contribution is 0.941. The maximum Gasteiger partial charge on any atom is 0.145 e. The first kappa shape index (κ1) is 14.7. The van der Waals surface area contributed by atoms with Gasteiger partial charge in [-0.15, -0.1) is 0 Å². The third-order valence-corrected chi connectivity index (χ3v) is 3.48. The van der Waals surface area contributed by atoms with E-state index in [0.717, 1.165) is 47.7 Å². The Balaban J connectivity index is 1.92. The topological polar surface area (TPSA) is 62.7 Å². The van der Waals surface area contributed by atoms with Gasteiger partial charge < -0.3 is 10.6 Å². The molecule has 0 atom stereocenters. The Morgan fingerprint density at radius 3 is 2.45 bits per heavy atom. The molecule has 0 saturated carbocycles. The summed E-state index contributed by atoms with van der Waals surface area (Å²) in [7, 11) is 0. The van der Waals surface area contributed by atoms with E-state index in [1.165, 1.54) is 0 Å². The van der Waals surface area contributed by atoms with Gasteiger partial charge in [-0.1, -0.05) is 13.0 Å². The van der Waals surface area contributed by atoms with E-state index in [4.69, 9.17) is 0 Å². The fraction of sp³-hybridized carbons (Fsp3) is 0.357. The molecule has 2 N–H and O–H groups in total.